The van der Waals surface area contributed by atoms with Gasteiger partial charge in [-0.3, -0.25) is 57.5 Å². The lowest BCUT2D eigenvalue weighted by Gasteiger charge is -1.81. The first-order valence-corrected chi connectivity index (χ1v) is 12.7. The van der Waals surface area contributed by atoms with Crippen molar-refractivity contribution in [3.63, 3.8) is 0 Å². The van der Waals surface area contributed by atoms with E-state index in [1.807, 2.05) is 0 Å². The Balaban J connectivity index is -0.0000000227. The van der Waals surface area contributed by atoms with E-state index in [4.69, 9.17) is 0 Å². The van der Waals surface area contributed by atoms with Crippen LogP contribution in [0.5, 0.6) is 0 Å². The summed E-state index contributed by atoms with van der Waals surface area (Å²) < 4.78 is 0. The van der Waals surface area contributed by atoms with Crippen LogP contribution in [0.15, 0.2) is 0 Å². The summed E-state index contributed by atoms with van der Waals surface area (Å²) >= 11 is 0. The van der Waals surface area contributed by atoms with E-state index in [1.54, 1.807) is 0 Å². The van der Waals surface area contributed by atoms with Crippen molar-refractivity contribution >= 4 is 69.4 Å². The highest BCUT2D eigenvalue weighted by atomic mass is 16.2. The highest BCUT2D eigenvalue weighted by Crippen LogP contribution is 1.83. The van der Waals surface area contributed by atoms with Crippen LogP contribution in [0, 0.1) is 0 Å². The van der Waals surface area contributed by atoms with Gasteiger partial charge in [-0.25, -0.2) is 0 Å². The van der Waals surface area contributed by atoms with Crippen molar-refractivity contribution in [2.45, 2.75) is 188 Å². The molecule has 0 radical (unpaired) electrons. The van der Waals surface area contributed by atoms with Crippen LogP contribution < -0.4 is 0 Å². The largest absolute Gasteiger partial charge is 0.300 e. The summed E-state index contributed by atoms with van der Waals surface area (Å²) in [6.07, 6.45) is 0.500. The maximum absolute atomic E-state index is 10.0. The molecule has 0 aromatic carbocycles. The van der Waals surface area contributed by atoms with Gasteiger partial charge in [0.05, 0.1) is 38.5 Å². The molecule has 0 saturated heterocycles. The second kappa shape index (κ2) is 64.5. The lowest BCUT2D eigenvalue weighted by molar-refractivity contribution is -0.126. The van der Waals surface area contributed by atoms with Gasteiger partial charge < -0.3 is 0 Å². The van der Waals surface area contributed by atoms with Crippen molar-refractivity contribution < 1.29 is 57.5 Å². The first-order chi connectivity index (χ1) is 18.8. The summed E-state index contributed by atoms with van der Waals surface area (Å²) in [5, 5.41) is 0. The molecule has 12 heteroatoms. The van der Waals surface area contributed by atoms with Gasteiger partial charge in [0, 0.05) is 0 Å². The van der Waals surface area contributed by atoms with Crippen LogP contribution in [-0.4, -0.2) is 69.4 Å². The fraction of sp³-hybridized carbons (Fsp3) is 0.692. The van der Waals surface area contributed by atoms with E-state index < -0.39 is 0 Å². The van der Waals surface area contributed by atoms with Gasteiger partial charge in [0.25, 0.3) is 0 Å². The standard InChI is InChI=1S/6C5H8O2.9CH4/c6*1-4(6)3-5(2)7;;;;;;;;;/h6*3H2,1-2H3;9*1H4. The third-order valence-corrected chi connectivity index (χ3v) is 2.99. The molecular weight excluding hydrogens is 660 g/mol. The van der Waals surface area contributed by atoms with Crippen LogP contribution in [-0.2, 0) is 57.5 Å². The minimum Gasteiger partial charge on any atom is -0.300 e. The van der Waals surface area contributed by atoms with E-state index in [0.717, 1.165) is 0 Å². The first kappa shape index (κ1) is 97.1. The minimum absolute atomic E-state index is 0. The molecule has 312 valence electrons. The zero-order valence-corrected chi connectivity index (χ0v) is 27.1. The molecule has 0 amide bonds. The van der Waals surface area contributed by atoms with Crippen LogP contribution in [0.25, 0.3) is 0 Å². The van der Waals surface area contributed by atoms with E-state index in [-0.39, 0.29) is 175 Å². The van der Waals surface area contributed by atoms with Gasteiger partial charge >= 0.3 is 0 Å². The maximum Gasteiger partial charge on any atom is 0.137 e. The molecule has 0 aliphatic carbocycles. The Morgan fingerprint density at radius 3 is 0.216 bits per heavy atom. The van der Waals surface area contributed by atoms with E-state index in [1.165, 1.54) is 83.1 Å². The van der Waals surface area contributed by atoms with Gasteiger partial charge in [-0.05, 0) is 83.1 Å². The molecule has 0 aromatic heterocycles. The monoisotopic (exact) mass is 745 g/mol. The predicted octanol–water partition coefficient (Wildman–Crippen LogP) is 9.05. The number of carbonyl (C=O) groups is 12. The highest BCUT2D eigenvalue weighted by Gasteiger charge is 1.97. The number of carbonyl (C=O) groups excluding carboxylic acids is 12. The molecule has 51 heavy (non-hydrogen) atoms. The Hall–Kier alpha value is -3.96. The molecule has 0 fully saturated rings. The quantitative estimate of drug-likeness (QED) is 0.172. The zero-order valence-electron chi connectivity index (χ0n) is 27.1. The second-order valence-corrected chi connectivity index (χ2v) is 9.48. The van der Waals surface area contributed by atoms with E-state index in [0.29, 0.717) is 0 Å². The molecule has 0 bridgehead atoms. The number of hydrogen-bond acceptors (Lipinski definition) is 12. The molecule has 0 heterocycles. The molecule has 0 rings (SSSR count). The lowest BCUT2D eigenvalue weighted by atomic mass is 10.2. The van der Waals surface area contributed by atoms with Crippen molar-refractivity contribution in [2.75, 3.05) is 0 Å². The Labute approximate surface area is 315 Å². The summed E-state index contributed by atoms with van der Waals surface area (Å²) in [5.74, 6) is -0.750. The SMILES string of the molecule is C.C.C.C.C.C.C.C.C.CC(=O)CC(C)=O.CC(=O)CC(C)=O.CC(=O)CC(C)=O.CC(=O)CC(C)=O.CC(=O)CC(C)=O.CC(=O)CC(C)=O. The van der Waals surface area contributed by atoms with Crippen LogP contribution in [0.4, 0.5) is 0 Å². The molecule has 0 aromatic rings. The van der Waals surface area contributed by atoms with Crippen LogP contribution in [0.3, 0.4) is 0 Å². The average Bonchev–Trinajstić information content (AvgIpc) is 2.63. The Morgan fingerprint density at radius 1 is 0.176 bits per heavy atom. The van der Waals surface area contributed by atoms with Crippen LogP contribution >= 0.6 is 0 Å². The van der Waals surface area contributed by atoms with Crippen LogP contribution in [0.1, 0.15) is 188 Å². The van der Waals surface area contributed by atoms with Gasteiger partial charge in [0.1, 0.15) is 69.4 Å². The molecule has 0 aliphatic rings. The molecule has 12 nitrogen and oxygen atoms in total. The summed E-state index contributed by atoms with van der Waals surface area (Å²) in [6, 6.07) is 0. The third kappa shape index (κ3) is 222. The second-order valence-electron chi connectivity index (χ2n) is 9.48. The zero-order chi connectivity index (χ0) is 35.2. The smallest absolute Gasteiger partial charge is 0.137 e. The molecule has 0 N–H and O–H groups in total. The Kier molecular flexibility index (Phi) is 123. The normalized spacial score (nSPS) is 6.82. The number of Topliss-reactive ketones (excluding diaryl/α,β-unsaturated/α-hetero) is 12. The van der Waals surface area contributed by atoms with E-state index >= 15 is 0 Å². The summed E-state index contributed by atoms with van der Waals surface area (Å²) in [5.41, 5.74) is 0. The summed E-state index contributed by atoms with van der Waals surface area (Å²) in [7, 11) is 0. The topological polar surface area (TPSA) is 205 Å². The molecule has 0 saturated carbocycles. The van der Waals surface area contributed by atoms with Crippen molar-refractivity contribution in [1.29, 1.82) is 0 Å². The highest BCUT2D eigenvalue weighted by molar-refractivity contribution is 5.98. The van der Waals surface area contributed by atoms with Gasteiger partial charge in [0.2, 0.25) is 0 Å². The Bertz CT molecular complexity index is 699. The maximum atomic E-state index is 10.0. The van der Waals surface area contributed by atoms with Crippen molar-refractivity contribution in [1.82, 2.24) is 0 Å². The number of rotatable bonds is 12. The molecule has 0 spiro atoms. The van der Waals surface area contributed by atoms with E-state index in [2.05, 4.69) is 0 Å². The number of ketones is 12. The van der Waals surface area contributed by atoms with Gasteiger partial charge in [-0.2, -0.15) is 0 Å². The van der Waals surface area contributed by atoms with E-state index in [9.17, 15) is 57.5 Å². The average molecular weight is 745 g/mol. The lowest BCUT2D eigenvalue weighted by Crippen LogP contribution is -1.97. The van der Waals surface area contributed by atoms with Crippen molar-refractivity contribution in [3.05, 3.63) is 0 Å². The van der Waals surface area contributed by atoms with Gasteiger partial charge in [-0.1, -0.05) is 66.8 Å². The summed E-state index contributed by atoms with van der Waals surface area (Å²) in [4.78, 5) is 120. The fourth-order valence-electron chi connectivity index (χ4n) is 2.10. The van der Waals surface area contributed by atoms with Gasteiger partial charge in [-0.15, -0.1) is 0 Å². The van der Waals surface area contributed by atoms with Crippen LogP contribution in [0.2, 0.25) is 0 Å². The summed E-state index contributed by atoms with van der Waals surface area (Å²) in [6.45, 7) is 16.8. The molecule has 0 aliphatic heterocycles. The van der Waals surface area contributed by atoms with Gasteiger partial charge in [0.15, 0.2) is 0 Å². The van der Waals surface area contributed by atoms with Crippen molar-refractivity contribution in [2.24, 2.45) is 0 Å². The first-order valence-electron chi connectivity index (χ1n) is 12.7. The Morgan fingerprint density at radius 2 is 0.216 bits per heavy atom. The molecular formula is C39H84O12. The molecule has 0 unspecified atom stereocenters. The number of hydrogen-bond donors (Lipinski definition) is 0. The fourth-order valence-corrected chi connectivity index (χ4v) is 2.10. The van der Waals surface area contributed by atoms with Crippen molar-refractivity contribution in [3.8, 4) is 0 Å². The third-order valence-electron chi connectivity index (χ3n) is 2.99. The minimum atomic E-state index is -0.0625. The molecule has 0 atom stereocenters. The predicted molar refractivity (Wildman–Crippen MR) is 216 cm³/mol.